The molecule has 0 bridgehead atoms. The quantitative estimate of drug-likeness (QED) is 0.254. The van der Waals surface area contributed by atoms with Crippen molar-refractivity contribution in [1.82, 2.24) is 23.3 Å². The molecular weight excluding hydrogens is 504 g/mol. The Hall–Kier alpha value is -4.55. The molecule has 0 saturated carbocycles. The van der Waals surface area contributed by atoms with Gasteiger partial charge in [-0.05, 0) is 51.1 Å². The van der Waals surface area contributed by atoms with Crippen LogP contribution in [0, 0.1) is 13.8 Å². The molecule has 1 atom stereocenters. The van der Waals surface area contributed by atoms with E-state index in [9.17, 15) is 28.0 Å². The minimum Gasteiger partial charge on any atom is -0.453 e. The monoisotopic (exact) mass is 529 g/mol. The molecule has 200 valence electrons. The number of fused-ring (bicyclic) bond motifs is 1. The zero-order chi connectivity index (χ0) is 27.9. The third-order valence-corrected chi connectivity index (χ3v) is 6.21. The third-order valence-electron chi connectivity index (χ3n) is 6.21. The number of imidazole rings is 1. The van der Waals surface area contributed by atoms with E-state index in [0.29, 0.717) is 22.6 Å². The fraction of sp³-hybridized carbons (Fsp3) is 0.320. The van der Waals surface area contributed by atoms with Gasteiger partial charge in [0.05, 0.1) is 6.33 Å². The molecule has 0 amide bonds. The number of rotatable bonds is 8. The topological polar surface area (TPSA) is 119 Å². The largest absolute Gasteiger partial charge is 0.453 e. The molecule has 0 spiro atoms. The van der Waals surface area contributed by atoms with Crippen molar-refractivity contribution in [1.29, 1.82) is 0 Å². The predicted octanol–water partition coefficient (Wildman–Crippen LogP) is 2.26. The first kappa shape index (κ1) is 26.5. The predicted molar refractivity (Wildman–Crippen MR) is 132 cm³/mol. The molecule has 11 nitrogen and oxygen atoms in total. The maximum Gasteiger partial charge on any atom is 0.387 e. The van der Waals surface area contributed by atoms with E-state index >= 15 is 0 Å². The molecule has 0 aliphatic carbocycles. The van der Waals surface area contributed by atoms with Crippen LogP contribution >= 0.6 is 0 Å². The van der Waals surface area contributed by atoms with E-state index in [1.807, 2.05) is 0 Å². The van der Waals surface area contributed by atoms with Crippen LogP contribution in [-0.4, -0.2) is 47.7 Å². The molecule has 0 radical (unpaired) electrons. The number of hydrogen-bond donors (Lipinski definition) is 0. The van der Waals surface area contributed by atoms with Gasteiger partial charge in [-0.3, -0.25) is 23.5 Å². The van der Waals surface area contributed by atoms with Crippen molar-refractivity contribution in [3.8, 4) is 11.4 Å². The number of alkyl halides is 2. The van der Waals surface area contributed by atoms with E-state index in [-0.39, 0.29) is 16.9 Å². The first-order valence-electron chi connectivity index (χ1n) is 11.5. The molecule has 3 heterocycles. The molecule has 4 rings (SSSR count). The molecular formula is C25H25F2N5O6. The standard InChI is InChI=1S/C25H25F2N5O6/c1-13-10-18(14(2)32(13)16-6-8-17(9-7-16)38-24(26)27)21(34)15(3)37-19(33)11-31-12-28-22-20(31)23(35)30(5)25(36)29(22)4/h6-10,12,15,24H,11H2,1-5H3. The van der Waals surface area contributed by atoms with Crippen molar-refractivity contribution >= 4 is 22.9 Å². The van der Waals surface area contributed by atoms with Crippen LogP contribution in [-0.2, 0) is 30.2 Å². The van der Waals surface area contributed by atoms with Crippen LogP contribution in [0.3, 0.4) is 0 Å². The van der Waals surface area contributed by atoms with Gasteiger partial charge in [-0.1, -0.05) is 0 Å². The van der Waals surface area contributed by atoms with Crippen LogP contribution < -0.4 is 16.0 Å². The highest BCUT2D eigenvalue weighted by Gasteiger charge is 2.25. The normalized spacial score (nSPS) is 12.2. The lowest BCUT2D eigenvalue weighted by Gasteiger charge is -2.14. The molecule has 0 fully saturated rings. The number of carbonyl (C=O) groups is 2. The van der Waals surface area contributed by atoms with Gasteiger partial charge in [-0.25, -0.2) is 9.78 Å². The molecule has 13 heteroatoms. The van der Waals surface area contributed by atoms with Crippen molar-refractivity contribution in [3.05, 3.63) is 74.4 Å². The Bertz CT molecular complexity index is 1660. The highest BCUT2D eigenvalue weighted by atomic mass is 19.3. The van der Waals surface area contributed by atoms with Crippen molar-refractivity contribution in [2.75, 3.05) is 0 Å². The van der Waals surface area contributed by atoms with Gasteiger partial charge >= 0.3 is 18.3 Å². The molecule has 0 saturated heterocycles. The van der Waals surface area contributed by atoms with Gasteiger partial charge in [0.15, 0.2) is 17.3 Å². The van der Waals surface area contributed by atoms with Gasteiger partial charge < -0.3 is 18.6 Å². The first-order chi connectivity index (χ1) is 17.9. The smallest absolute Gasteiger partial charge is 0.387 e. The Morgan fingerprint density at radius 2 is 1.71 bits per heavy atom. The number of nitrogens with zero attached hydrogens (tertiary/aromatic N) is 5. The summed E-state index contributed by atoms with van der Waals surface area (Å²) in [6, 6.07) is 7.63. The SMILES string of the molecule is Cc1cc(C(=O)C(C)OC(=O)Cn2cnc3c2c(=O)n(C)c(=O)n3C)c(C)n1-c1ccc(OC(F)F)cc1. The van der Waals surface area contributed by atoms with E-state index in [2.05, 4.69) is 9.72 Å². The molecule has 0 aliphatic rings. The minimum atomic E-state index is -2.93. The number of aryl methyl sites for hydroxylation is 2. The molecule has 0 aliphatic heterocycles. The van der Waals surface area contributed by atoms with Gasteiger partial charge in [0.1, 0.15) is 12.3 Å². The number of ketones is 1. The fourth-order valence-electron chi connectivity index (χ4n) is 4.35. The molecule has 0 N–H and O–H groups in total. The van der Waals surface area contributed by atoms with Crippen LogP contribution in [0.2, 0.25) is 0 Å². The van der Waals surface area contributed by atoms with Crippen molar-refractivity contribution in [2.24, 2.45) is 14.1 Å². The van der Waals surface area contributed by atoms with Gasteiger partial charge in [0.25, 0.3) is 5.56 Å². The summed E-state index contributed by atoms with van der Waals surface area (Å²) in [6.07, 6.45) is 0.116. The van der Waals surface area contributed by atoms with Crippen molar-refractivity contribution in [3.63, 3.8) is 0 Å². The van der Waals surface area contributed by atoms with E-state index in [0.717, 1.165) is 4.57 Å². The first-order valence-corrected chi connectivity index (χ1v) is 11.5. The third kappa shape index (κ3) is 4.74. The van der Waals surface area contributed by atoms with Crippen LogP contribution in [0.5, 0.6) is 5.75 Å². The fourth-order valence-corrected chi connectivity index (χ4v) is 4.35. The number of ether oxygens (including phenoxy) is 2. The summed E-state index contributed by atoms with van der Waals surface area (Å²) in [5.74, 6) is -1.21. The summed E-state index contributed by atoms with van der Waals surface area (Å²) in [5, 5.41) is 0. The summed E-state index contributed by atoms with van der Waals surface area (Å²) >= 11 is 0. The van der Waals surface area contributed by atoms with Crippen LogP contribution in [0.25, 0.3) is 16.9 Å². The van der Waals surface area contributed by atoms with Crippen molar-refractivity contribution < 1.29 is 27.8 Å². The minimum absolute atomic E-state index is 0.00814. The molecule has 1 unspecified atom stereocenters. The Balaban J connectivity index is 1.52. The van der Waals surface area contributed by atoms with Gasteiger partial charge in [0.2, 0.25) is 5.78 Å². The highest BCUT2D eigenvalue weighted by molar-refractivity contribution is 6.01. The molecule has 1 aromatic carbocycles. The second kappa shape index (κ2) is 10.1. The number of aromatic nitrogens is 5. The van der Waals surface area contributed by atoms with Gasteiger partial charge in [0, 0.05) is 36.7 Å². The van der Waals surface area contributed by atoms with Gasteiger partial charge in [-0.2, -0.15) is 8.78 Å². The number of hydrogen-bond acceptors (Lipinski definition) is 7. The second-order valence-electron chi connectivity index (χ2n) is 8.74. The van der Waals surface area contributed by atoms with Crippen molar-refractivity contribution in [2.45, 2.75) is 40.0 Å². The van der Waals surface area contributed by atoms with Crippen LogP contribution in [0.15, 0.2) is 46.2 Å². The van der Waals surface area contributed by atoms with E-state index in [1.54, 1.807) is 36.6 Å². The van der Waals surface area contributed by atoms with E-state index in [1.165, 1.54) is 48.6 Å². The number of benzene rings is 1. The van der Waals surface area contributed by atoms with Crippen LogP contribution in [0.4, 0.5) is 8.78 Å². The number of carbonyl (C=O) groups excluding carboxylic acids is 2. The maximum absolute atomic E-state index is 13.2. The Labute approximate surface area is 214 Å². The zero-order valence-corrected chi connectivity index (χ0v) is 21.3. The molecule has 3 aromatic heterocycles. The Morgan fingerprint density at radius 3 is 2.34 bits per heavy atom. The number of esters is 1. The second-order valence-corrected chi connectivity index (χ2v) is 8.74. The summed E-state index contributed by atoms with van der Waals surface area (Å²) in [5.41, 5.74) is 1.25. The van der Waals surface area contributed by atoms with Crippen LogP contribution in [0.1, 0.15) is 28.7 Å². The average molecular weight is 530 g/mol. The summed E-state index contributed by atoms with van der Waals surface area (Å²) in [7, 11) is 2.78. The lowest BCUT2D eigenvalue weighted by molar-refractivity contribution is -0.146. The van der Waals surface area contributed by atoms with E-state index < -0.39 is 42.3 Å². The Morgan fingerprint density at radius 1 is 1.05 bits per heavy atom. The average Bonchev–Trinajstić information content (AvgIpc) is 3.41. The van der Waals surface area contributed by atoms with Gasteiger partial charge in [-0.15, -0.1) is 0 Å². The number of Topliss-reactive ketones (excluding diaryl/α,β-unsaturated/α-hetero) is 1. The lowest BCUT2D eigenvalue weighted by Crippen LogP contribution is -2.37. The highest BCUT2D eigenvalue weighted by Crippen LogP contribution is 2.25. The summed E-state index contributed by atoms with van der Waals surface area (Å²) in [4.78, 5) is 54.6. The van der Waals surface area contributed by atoms with E-state index in [4.69, 9.17) is 4.74 Å². The lowest BCUT2D eigenvalue weighted by atomic mass is 10.1. The summed E-state index contributed by atoms with van der Waals surface area (Å²) < 4.78 is 39.8. The Kier molecular flexibility index (Phi) is 7.03. The maximum atomic E-state index is 13.2. The number of halogens is 2. The molecule has 4 aromatic rings. The molecule has 38 heavy (non-hydrogen) atoms. The summed E-state index contributed by atoms with van der Waals surface area (Å²) in [6.45, 7) is 1.61. The zero-order valence-electron chi connectivity index (χ0n) is 21.3.